The van der Waals surface area contributed by atoms with Crippen molar-refractivity contribution in [2.45, 2.75) is 38.5 Å². The van der Waals surface area contributed by atoms with Gasteiger partial charge in [-0.05, 0) is 62.4 Å². The van der Waals surface area contributed by atoms with Gasteiger partial charge in [0.05, 0.1) is 12.6 Å². The molecule has 0 unspecified atom stereocenters. The second-order valence-corrected chi connectivity index (χ2v) is 9.77. The third-order valence-electron chi connectivity index (χ3n) is 7.47. The van der Waals surface area contributed by atoms with E-state index in [1.54, 1.807) is 18.2 Å². The molecular weight excluding hydrogens is 507 g/mol. The first-order valence-electron chi connectivity index (χ1n) is 12.6. The van der Waals surface area contributed by atoms with Crippen LogP contribution in [-0.2, 0) is 6.67 Å². The monoisotopic (exact) mass is 538 g/mol. The highest BCUT2D eigenvalue weighted by Crippen LogP contribution is 2.41. The van der Waals surface area contributed by atoms with Crippen molar-refractivity contribution in [3.05, 3.63) is 65.1 Å². The van der Waals surface area contributed by atoms with Gasteiger partial charge in [0.2, 0.25) is 0 Å². The first kappa shape index (κ1) is 28.0. The molecule has 0 saturated carbocycles. The standard InChI is InChI=1S/C28H31F5N2O3/c1-37-19-2-3-25-21(12-19)26(18(15-29)16-34-25)22(30)4-5-28(17-36)6-8-35(9-7-28)10-11-38-20-13-23(31)27(33)24(32)14-20/h2-3,12-14,16,22,36H,4-11,15,17H2,1H3/t22-/m0/s1. The van der Waals surface area contributed by atoms with Gasteiger partial charge in [0.15, 0.2) is 17.5 Å². The Labute approximate surface area is 218 Å². The van der Waals surface area contributed by atoms with Gasteiger partial charge in [-0.2, -0.15) is 0 Å². The van der Waals surface area contributed by atoms with Gasteiger partial charge in [-0.15, -0.1) is 0 Å². The van der Waals surface area contributed by atoms with E-state index in [-0.39, 0.29) is 36.5 Å². The largest absolute Gasteiger partial charge is 0.497 e. The molecule has 1 fully saturated rings. The summed E-state index contributed by atoms with van der Waals surface area (Å²) < 4.78 is 79.9. The molecule has 0 amide bonds. The molecule has 3 aromatic rings. The lowest BCUT2D eigenvalue weighted by molar-refractivity contribution is 0.0265. The zero-order valence-corrected chi connectivity index (χ0v) is 21.2. The number of aromatic nitrogens is 1. The number of rotatable bonds is 11. The molecular formula is C28H31F5N2O3. The molecule has 206 valence electrons. The maximum atomic E-state index is 15.7. The van der Waals surface area contributed by atoms with Gasteiger partial charge in [-0.3, -0.25) is 9.88 Å². The van der Waals surface area contributed by atoms with E-state index in [1.807, 2.05) is 0 Å². The van der Waals surface area contributed by atoms with Gasteiger partial charge in [0, 0.05) is 48.0 Å². The summed E-state index contributed by atoms with van der Waals surface area (Å²) in [5.41, 5.74) is 0.556. The Morgan fingerprint density at radius 1 is 1.08 bits per heavy atom. The van der Waals surface area contributed by atoms with Crippen molar-refractivity contribution in [3.8, 4) is 11.5 Å². The number of nitrogens with zero attached hydrogens (tertiary/aromatic N) is 2. The van der Waals surface area contributed by atoms with Gasteiger partial charge in [0.25, 0.3) is 0 Å². The molecule has 1 aliphatic rings. The lowest BCUT2D eigenvalue weighted by Gasteiger charge is -2.41. The van der Waals surface area contributed by atoms with Crippen molar-refractivity contribution in [2.75, 3.05) is 40.0 Å². The number of aliphatic hydroxyl groups is 1. The topological polar surface area (TPSA) is 54.8 Å². The summed E-state index contributed by atoms with van der Waals surface area (Å²) in [6, 6.07) is 6.70. The number of likely N-dealkylation sites (tertiary alicyclic amines) is 1. The molecule has 0 bridgehead atoms. The van der Waals surface area contributed by atoms with Gasteiger partial charge in [0.1, 0.15) is 31.0 Å². The van der Waals surface area contributed by atoms with Crippen LogP contribution in [0.4, 0.5) is 22.0 Å². The number of piperidine rings is 1. The summed E-state index contributed by atoms with van der Waals surface area (Å²) >= 11 is 0. The highest BCUT2D eigenvalue weighted by molar-refractivity contribution is 5.85. The van der Waals surface area contributed by atoms with Crippen LogP contribution in [0.3, 0.4) is 0 Å². The number of pyridine rings is 1. The Morgan fingerprint density at radius 3 is 2.42 bits per heavy atom. The van der Waals surface area contributed by atoms with Crippen molar-refractivity contribution in [1.29, 1.82) is 0 Å². The third kappa shape index (κ3) is 6.18. The number of aliphatic hydroxyl groups excluding tert-OH is 1. The van der Waals surface area contributed by atoms with E-state index in [4.69, 9.17) is 9.47 Å². The van der Waals surface area contributed by atoms with Gasteiger partial charge >= 0.3 is 0 Å². The molecule has 38 heavy (non-hydrogen) atoms. The Kier molecular flexibility index (Phi) is 9.04. The Balaban J connectivity index is 1.34. The van der Waals surface area contributed by atoms with E-state index in [2.05, 4.69) is 9.88 Å². The molecule has 1 aromatic heterocycles. The normalized spacial score (nSPS) is 16.5. The maximum Gasteiger partial charge on any atom is 0.194 e. The van der Waals surface area contributed by atoms with E-state index < -0.39 is 35.7 Å². The SMILES string of the molecule is COc1ccc2ncc(CF)c([C@@H](F)CCC3(CO)CCN(CCOc4cc(F)c(F)c(F)c4)CC3)c2c1. The fourth-order valence-corrected chi connectivity index (χ4v) is 5.06. The summed E-state index contributed by atoms with van der Waals surface area (Å²) in [6.07, 6.45) is 1.71. The van der Waals surface area contributed by atoms with Crippen molar-refractivity contribution >= 4 is 10.9 Å². The first-order valence-corrected chi connectivity index (χ1v) is 12.6. The molecule has 4 rings (SSSR count). The van der Waals surface area contributed by atoms with Gasteiger partial charge in [-0.25, -0.2) is 22.0 Å². The zero-order chi connectivity index (χ0) is 27.3. The number of fused-ring (bicyclic) bond motifs is 1. The molecule has 2 aromatic carbocycles. The summed E-state index contributed by atoms with van der Waals surface area (Å²) in [6.45, 7) is 0.928. The number of alkyl halides is 2. The van der Waals surface area contributed by atoms with Crippen LogP contribution in [0.25, 0.3) is 10.9 Å². The summed E-state index contributed by atoms with van der Waals surface area (Å²) in [7, 11) is 1.51. The lowest BCUT2D eigenvalue weighted by atomic mass is 9.74. The Bertz CT molecular complexity index is 1220. The molecule has 1 N–H and O–H groups in total. The van der Waals surface area contributed by atoms with Crippen LogP contribution in [0.5, 0.6) is 11.5 Å². The average Bonchev–Trinajstić information content (AvgIpc) is 2.94. The van der Waals surface area contributed by atoms with Crippen LogP contribution in [0.15, 0.2) is 36.5 Å². The van der Waals surface area contributed by atoms with E-state index in [1.165, 1.54) is 13.3 Å². The number of hydrogen-bond donors (Lipinski definition) is 1. The van der Waals surface area contributed by atoms with Crippen molar-refractivity contribution in [3.63, 3.8) is 0 Å². The molecule has 5 nitrogen and oxygen atoms in total. The second-order valence-electron chi connectivity index (χ2n) is 9.77. The molecule has 0 aliphatic carbocycles. The quantitative estimate of drug-likeness (QED) is 0.237. The zero-order valence-electron chi connectivity index (χ0n) is 21.2. The van der Waals surface area contributed by atoms with E-state index in [9.17, 15) is 22.7 Å². The van der Waals surface area contributed by atoms with Crippen LogP contribution in [0.1, 0.15) is 43.0 Å². The first-order chi connectivity index (χ1) is 18.3. The highest BCUT2D eigenvalue weighted by atomic mass is 19.2. The van der Waals surface area contributed by atoms with Crippen molar-refractivity contribution in [2.24, 2.45) is 5.41 Å². The van der Waals surface area contributed by atoms with Crippen LogP contribution < -0.4 is 9.47 Å². The van der Waals surface area contributed by atoms with E-state index in [0.717, 1.165) is 12.1 Å². The molecule has 1 atom stereocenters. The Hall–Kier alpha value is -2.98. The van der Waals surface area contributed by atoms with E-state index >= 15 is 4.39 Å². The van der Waals surface area contributed by atoms with Crippen LogP contribution in [0.2, 0.25) is 0 Å². The number of ether oxygens (including phenoxy) is 2. The summed E-state index contributed by atoms with van der Waals surface area (Å²) in [5, 5.41) is 10.7. The lowest BCUT2D eigenvalue weighted by Crippen LogP contribution is -2.43. The van der Waals surface area contributed by atoms with Crippen LogP contribution >= 0.6 is 0 Å². The summed E-state index contributed by atoms with van der Waals surface area (Å²) in [4.78, 5) is 6.33. The third-order valence-corrected chi connectivity index (χ3v) is 7.47. The van der Waals surface area contributed by atoms with Crippen LogP contribution in [-0.4, -0.2) is 54.9 Å². The Morgan fingerprint density at radius 2 is 1.79 bits per heavy atom. The molecule has 1 saturated heterocycles. The second kappa shape index (κ2) is 12.3. The average molecular weight is 539 g/mol. The van der Waals surface area contributed by atoms with Crippen molar-refractivity contribution in [1.82, 2.24) is 9.88 Å². The molecule has 2 heterocycles. The predicted octanol–water partition coefficient (Wildman–Crippen LogP) is 6.07. The minimum absolute atomic E-state index is 0.0917. The minimum atomic E-state index is -1.54. The number of halogens is 5. The van der Waals surface area contributed by atoms with E-state index in [0.29, 0.717) is 55.5 Å². The fourth-order valence-electron chi connectivity index (χ4n) is 5.06. The number of benzene rings is 2. The summed E-state index contributed by atoms with van der Waals surface area (Å²) in [5.74, 6) is -3.72. The molecule has 0 spiro atoms. The minimum Gasteiger partial charge on any atom is -0.497 e. The smallest absolute Gasteiger partial charge is 0.194 e. The van der Waals surface area contributed by atoms with Gasteiger partial charge < -0.3 is 14.6 Å². The molecule has 0 radical (unpaired) electrons. The highest BCUT2D eigenvalue weighted by Gasteiger charge is 2.35. The number of methoxy groups -OCH3 is 1. The molecule has 1 aliphatic heterocycles. The van der Waals surface area contributed by atoms with Crippen LogP contribution in [0, 0.1) is 22.9 Å². The molecule has 10 heteroatoms. The van der Waals surface area contributed by atoms with Gasteiger partial charge in [-0.1, -0.05) is 0 Å². The fraction of sp³-hybridized carbons (Fsp3) is 0.464. The predicted molar refractivity (Wildman–Crippen MR) is 133 cm³/mol. The maximum absolute atomic E-state index is 15.7. The number of hydrogen-bond acceptors (Lipinski definition) is 5. The van der Waals surface area contributed by atoms with Crippen molar-refractivity contribution < 1.29 is 36.5 Å².